The first-order chi connectivity index (χ1) is 15.8. The second-order valence-corrected chi connectivity index (χ2v) is 11.1. The maximum absolute atomic E-state index is 13.0. The normalized spacial score (nSPS) is 31.0. The Balaban J connectivity index is 1.37. The number of carbonyl (C=O) groups excluding carboxylic acids is 4. The van der Waals surface area contributed by atoms with E-state index in [1.165, 1.54) is 6.92 Å². The van der Waals surface area contributed by atoms with Crippen LogP contribution in [0.1, 0.15) is 18.9 Å². The molecule has 1 saturated heterocycles. The van der Waals surface area contributed by atoms with Gasteiger partial charge in [-0.25, -0.2) is 4.79 Å². The van der Waals surface area contributed by atoms with Crippen molar-refractivity contribution in [3.8, 4) is 0 Å². The summed E-state index contributed by atoms with van der Waals surface area (Å²) in [4.78, 5) is 51.6. The van der Waals surface area contributed by atoms with Gasteiger partial charge < -0.3 is 10.1 Å². The van der Waals surface area contributed by atoms with E-state index in [0.29, 0.717) is 6.07 Å². The van der Waals surface area contributed by atoms with Crippen molar-refractivity contribution in [3.63, 3.8) is 0 Å². The summed E-state index contributed by atoms with van der Waals surface area (Å²) in [6, 6.07) is 1.16. The number of imide groups is 1. The molecule has 2 bridgehead atoms. The van der Waals surface area contributed by atoms with Gasteiger partial charge >= 0.3 is 12.1 Å². The van der Waals surface area contributed by atoms with Crippen LogP contribution in [0.3, 0.4) is 0 Å². The first-order valence-electron chi connectivity index (χ1n) is 10.3. The van der Waals surface area contributed by atoms with Gasteiger partial charge in [-0.1, -0.05) is 43.5 Å². The van der Waals surface area contributed by atoms with Crippen LogP contribution in [0.5, 0.6) is 0 Å². The number of rotatable bonds is 5. The van der Waals surface area contributed by atoms with E-state index in [2.05, 4.69) is 37.2 Å². The summed E-state index contributed by atoms with van der Waals surface area (Å²) in [6.07, 6.45) is -3.90. The summed E-state index contributed by atoms with van der Waals surface area (Å²) >= 11 is 13.0. The third kappa shape index (κ3) is 4.26. The van der Waals surface area contributed by atoms with Gasteiger partial charge in [0.1, 0.15) is 6.04 Å². The molecule has 1 aliphatic heterocycles. The summed E-state index contributed by atoms with van der Waals surface area (Å²) in [6.45, 7) is 0.497. The van der Waals surface area contributed by atoms with Crippen LogP contribution < -0.4 is 5.32 Å². The number of fused-ring (bicyclic) bond motifs is 5. The molecule has 1 heterocycles. The molecule has 1 aromatic rings. The Morgan fingerprint density at radius 1 is 1.18 bits per heavy atom. The van der Waals surface area contributed by atoms with Crippen molar-refractivity contribution in [2.45, 2.75) is 35.2 Å². The van der Waals surface area contributed by atoms with Crippen molar-refractivity contribution < 1.29 is 37.1 Å². The number of nitrogens with zero attached hydrogens (tertiary/aromatic N) is 1. The maximum atomic E-state index is 13.0. The average Bonchev–Trinajstić information content (AvgIpc) is 3.37. The highest BCUT2D eigenvalue weighted by molar-refractivity contribution is 9.12. The Labute approximate surface area is 213 Å². The minimum Gasteiger partial charge on any atom is -0.454 e. The highest BCUT2D eigenvalue weighted by Gasteiger charge is 2.67. The number of alkyl halides is 5. The fourth-order valence-corrected chi connectivity index (χ4v) is 7.14. The molecule has 184 valence electrons. The van der Waals surface area contributed by atoms with Gasteiger partial charge in [0.2, 0.25) is 11.8 Å². The van der Waals surface area contributed by atoms with Crippen molar-refractivity contribution >= 4 is 72.8 Å². The number of carbonyl (C=O) groups is 4. The molecule has 3 fully saturated rings. The molecule has 34 heavy (non-hydrogen) atoms. The van der Waals surface area contributed by atoms with Crippen LogP contribution in [0.2, 0.25) is 5.02 Å². The first-order valence-corrected chi connectivity index (χ1v) is 12.5. The van der Waals surface area contributed by atoms with Crippen molar-refractivity contribution in [2.75, 3.05) is 11.9 Å². The van der Waals surface area contributed by atoms with Gasteiger partial charge in [0, 0.05) is 9.65 Å². The van der Waals surface area contributed by atoms with E-state index in [1.54, 1.807) is 0 Å². The lowest BCUT2D eigenvalue weighted by Crippen LogP contribution is -2.45. The third-order valence-electron chi connectivity index (χ3n) is 6.66. The van der Waals surface area contributed by atoms with Gasteiger partial charge in [-0.3, -0.25) is 19.3 Å². The van der Waals surface area contributed by atoms with Gasteiger partial charge in [-0.2, -0.15) is 13.2 Å². The zero-order valence-corrected chi connectivity index (χ0v) is 21.4. The smallest absolute Gasteiger partial charge is 0.416 e. The molecule has 0 radical (unpaired) electrons. The second-order valence-electron chi connectivity index (χ2n) is 8.57. The van der Waals surface area contributed by atoms with Gasteiger partial charge in [0.05, 0.1) is 28.1 Å². The molecule has 13 heteroatoms. The molecule has 1 N–H and O–H groups in total. The number of ether oxygens (including phenoxy) is 1. The predicted octanol–water partition coefficient (Wildman–Crippen LogP) is 4.01. The number of halogens is 6. The van der Waals surface area contributed by atoms with Crippen molar-refractivity contribution in [2.24, 2.45) is 23.7 Å². The summed E-state index contributed by atoms with van der Waals surface area (Å²) in [7, 11) is 0. The van der Waals surface area contributed by atoms with Gasteiger partial charge in [0.15, 0.2) is 6.61 Å². The SMILES string of the molecule is C[C@H](C(=O)OCC(=O)Nc1cc(C(F)(F)F)ccc1Cl)N1C(=O)[C@@H]2[C@H]3C[C@@H]([C@@H](Br)[C@H]3Br)[C@H]2C1=O. The van der Waals surface area contributed by atoms with E-state index in [0.717, 1.165) is 23.5 Å². The monoisotopic (exact) mass is 628 g/mol. The summed E-state index contributed by atoms with van der Waals surface area (Å²) < 4.78 is 43.6. The second kappa shape index (κ2) is 9.09. The predicted molar refractivity (Wildman–Crippen MR) is 121 cm³/mol. The number of amides is 3. The van der Waals surface area contributed by atoms with Crippen molar-refractivity contribution in [3.05, 3.63) is 28.8 Å². The molecule has 0 unspecified atom stereocenters. The van der Waals surface area contributed by atoms with Gasteiger partial charge in [0.25, 0.3) is 5.91 Å². The Bertz CT molecular complexity index is 1040. The molecule has 7 nitrogen and oxygen atoms in total. The molecule has 0 aromatic heterocycles. The topological polar surface area (TPSA) is 92.8 Å². The minimum absolute atomic E-state index is 0.0213. The number of hydrogen-bond acceptors (Lipinski definition) is 5. The van der Waals surface area contributed by atoms with Gasteiger partial charge in [-0.15, -0.1) is 0 Å². The number of likely N-dealkylation sites (tertiary alicyclic amines) is 1. The fraction of sp³-hybridized carbons (Fsp3) is 0.524. The number of esters is 1. The molecule has 4 rings (SSSR count). The highest BCUT2D eigenvalue weighted by atomic mass is 79.9. The summed E-state index contributed by atoms with van der Waals surface area (Å²) in [5.74, 6) is -3.83. The Kier molecular flexibility index (Phi) is 6.80. The molecule has 3 aliphatic rings. The summed E-state index contributed by atoms with van der Waals surface area (Å²) in [5, 5.41) is 2.03. The van der Waals surface area contributed by atoms with E-state index < -0.39 is 59.9 Å². The van der Waals surface area contributed by atoms with E-state index in [1.807, 2.05) is 0 Å². The highest BCUT2D eigenvalue weighted by Crippen LogP contribution is 2.60. The Morgan fingerprint density at radius 3 is 2.26 bits per heavy atom. The average molecular weight is 631 g/mol. The molecular formula is C21H18Br2ClF3N2O5. The third-order valence-corrected chi connectivity index (χ3v) is 10.2. The van der Waals surface area contributed by atoms with E-state index in [4.69, 9.17) is 16.3 Å². The number of hydrogen-bond donors (Lipinski definition) is 1. The van der Waals surface area contributed by atoms with Crippen LogP contribution in [0.25, 0.3) is 0 Å². The Morgan fingerprint density at radius 2 is 1.74 bits per heavy atom. The largest absolute Gasteiger partial charge is 0.454 e. The van der Waals surface area contributed by atoms with Gasteiger partial charge in [-0.05, 0) is 43.4 Å². The van der Waals surface area contributed by atoms with Crippen molar-refractivity contribution in [1.82, 2.24) is 4.90 Å². The maximum Gasteiger partial charge on any atom is 0.416 e. The van der Waals surface area contributed by atoms with E-state index in [9.17, 15) is 32.3 Å². The molecular weight excluding hydrogens is 612 g/mol. The quantitative estimate of drug-likeness (QED) is 0.302. The zero-order chi connectivity index (χ0) is 25.1. The van der Waals surface area contributed by atoms with Crippen LogP contribution >= 0.6 is 43.5 Å². The van der Waals surface area contributed by atoms with Crippen molar-refractivity contribution in [1.29, 1.82) is 0 Å². The van der Waals surface area contributed by atoms with Crippen LogP contribution in [0, 0.1) is 23.7 Å². The number of nitrogens with one attached hydrogen (secondary N) is 1. The molecule has 2 saturated carbocycles. The molecule has 0 spiro atoms. The Hall–Kier alpha value is -1.66. The van der Waals surface area contributed by atoms with Crippen LogP contribution in [0.4, 0.5) is 18.9 Å². The molecule has 1 aromatic carbocycles. The number of anilines is 1. The van der Waals surface area contributed by atoms with Crippen LogP contribution in [0.15, 0.2) is 18.2 Å². The van der Waals surface area contributed by atoms with E-state index >= 15 is 0 Å². The molecule has 2 aliphatic carbocycles. The lowest BCUT2D eigenvalue weighted by Gasteiger charge is -2.28. The lowest BCUT2D eigenvalue weighted by atomic mass is 9.81. The minimum atomic E-state index is -4.64. The zero-order valence-electron chi connectivity index (χ0n) is 17.4. The first kappa shape index (κ1) is 25.4. The van der Waals surface area contributed by atoms with Crippen LogP contribution in [-0.2, 0) is 30.1 Å². The number of benzene rings is 1. The standard InChI is InChI=1S/C21H18Br2ClF3N2O5/c1-7(29-18(31)14-9-5-10(15(14)19(29)32)17(23)16(9)22)20(33)34-6-13(30)28-12-4-8(21(25,26)27)2-3-11(12)24/h2-4,7,9-10,14-17H,5-6H2,1H3,(H,28,30)/t7-,9-,10-,14-,15-,16-,17+/m1/s1. The summed E-state index contributed by atoms with van der Waals surface area (Å²) in [5.41, 5.74) is -1.31. The van der Waals surface area contributed by atoms with Crippen LogP contribution in [-0.4, -0.2) is 50.9 Å². The molecule has 3 amide bonds. The fourth-order valence-electron chi connectivity index (χ4n) is 5.10. The van der Waals surface area contributed by atoms with E-state index in [-0.39, 0.29) is 32.2 Å². The molecule has 7 atom stereocenters. The lowest BCUT2D eigenvalue weighted by molar-refractivity contribution is -0.159.